The maximum absolute atomic E-state index is 13.3. The van der Waals surface area contributed by atoms with E-state index in [1.807, 2.05) is 29.2 Å². The van der Waals surface area contributed by atoms with Crippen molar-refractivity contribution in [1.29, 1.82) is 0 Å². The van der Waals surface area contributed by atoms with Crippen LogP contribution in [0, 0.1) is 11.8 Å². The molecular weight excluding hydrogens is 366 g/mol. The van der Waals surface area contributed by atoms with Gasteiger partial charge in [0.1, 0.15) is 0 Å². The molecule has 0 aromatic heterocycles. The smallest absolute Gasteiger partial charge is 0.244 e. The van der Waals surface area contributed by atoms with Crippen LogP contribution in [0.1, 0.15) is 62.8 Å². The summed E-state index contributed by atoms with van der Waals surface area (Å²) in [5.41, 5.74) is 3.54. The molecule has 1 aromatic carbocycles. The molecule has 3 fully saturated rings. The highest BCUT2D eigenvalue weighted by Crippen LogP contribution is 2.46. The lowest BCUT2D eigenvalue weighted by Crippen LogP contribution is -2.52. The van der Waals surface area contributed by atoms with Gasteiger partial charge in [-0.05, 0) is 62.0 Å². The van der Waals surface area contributed by atoms with Gasteiger partial charge in [-0.25, -0.2) is 5.48 Å². The Bertz CT molecular complexity index is 773. The van der Waals surface area contributed by atoms with Crippen molar-refractivity contribution in [3.63, 3.8) is 0 Å². The van der Waals surface area contributed by atoms with Gasteiger partial charge in [-0.2, -0.15) is 0 Å². The van der Waals surface area contributed by atoms with E-state index in [-0.39, 0.29) is 18.4 Å². The van der Waals surface area contributed by atoms with Gasteiger partial charge in [-0.3, -0.25) is 19.7 Å². The molecule has 3 unspecified atom stereocenters. The zero-order chi connectivity index (χ0) is 20.0. The summed E-state index contributed by atoms with van der Waals surface area (Å²) in [6, 6.07) is 8.79. The molecule has 1 aromatic rings. The number of nitrogens with zero attached hydrogens (tertiary/aromatic N) is 2. The van der Waals surface area contributed by atoms with Crippen LogP contribution in [0.15, 0.2) is 24.3 Å². The van der Waals surface area contributed by atoms with Crippen LogP contribution in [0.2, 0.25) is 0 Å². The minimum atomic E-state index is -0.511. The van der Waals surface area contributed by atoms with Gasteiger partial charge in [0.25, 0.3) is 0 Å². The monoisotopic (exact) mass is 397 g/mol. The standard InChI is InChI=1S/C23H31N3O3/c27-21(24-29)14-19-18-6-1-2-7-20(18)26(23(19)28)17-10-12-25(13-11-17)22-15-4-3-5-16(22)9-8-15/h1-2,6-7,15-17,19,22,29H,3-5,8-14H2,(H,24,27). The fourth-order valence-corrected chi connectivity index (χ4v) is 6.69. The first-order valence-corrected chi connectivity index (χ1v) is 11.3. The average Bonchev–Trinajstić information content (AvgIpc) is 3.17. The molecule has 2 aliphatic carbocycles. The number of hydroxylamine groups is 1. The van der Waals surface area contributed by atoms with Crippen molar-refractivity contribution in [3.05, 3.63) is 29.8 Å². The Balaban J connectivity index is 1.30. The van der Waals surface area contributed by atoms with Crippen molar-refractivity contribution in [1.82, 2.24) is 10.4 Å². The number of carbonyl (C=O) groups is 2. The van der Waals surface area contributed by atoms with Gasteiger partial charge in [0.2, 0.25) is 11.8 Å². The van der Waals surface area contributed by atoms with Gasteiger partial charge in [0.15, 0.2) is 0 Å². The highest BCUT2D eigenvalue weighted by molar-refractivity contribution is 6.07. The summed E-state index contributed by atoms with van der Waals surface area (Å²) in [7, 11) is 0. The van der Waals surface area contributed by atoms with Crippen molar-refractivity contribution < 1.29 is 14.8 Å². The normalized spacial score (nSPS) is 32.4. The van der Waals surface area contributed by atoms with Crippen LogP contribution in [0.25, 0.3) is 0 Å². The van der Waals surface area contributed by atoms with E-state index in [1.165, 1.54) is 32.1 Å². The number of fused-ring (bicyclic) bond motifs is 3. The molecule has 6 heteroatoms. The van der Waals surface area contributed by atoms with Crippen LogP contribution in [0.5, 0.6) is 0 Å². The zero-order valence-electron chi connectivity index (χ0n) is 16.9. The lowest BCUT2D eigenvalue weighted by atomic mass is 9.82. The summed E-state index contributed by atoms with van der Waals surface area (Å²) < 4.78 is 0. The fraction of sp³-hybridized carbons (Fsp3) is 0.652. The Kier molecular flexibility index (Phi) is 5.08. The van der Waals surface area contributed by atoms with Gasteiger partial charge < -0.3 is 4.90 Å². The molecule has 5 rings (SSSR count). The van der Waals surface area contributed by atoms with Crippen molar-refractivity contribution in [3.8, 4) is 0 Å². The van der Waals surface area contributed by atoms with E-state index in [4.69, 9.17) is 5.21 Å². The van der Waals surface area contributed by atoms with Crippen molar-refractivity contribution in [2.45, 2.75) is 69.4 Å². The summed E-state index contributed by atoms with van der Waals surface area (Å²) in [5.74, 6) is 0.779. The summed E-state index contributed by atoms with van der Waals surface area (Å²) in [5, 5.41) is 8.91. The number of para-hydroxylation sites is 1. The predicted molar refractivity (Wildman–Crippen MR) is 110 cm³/mol. The van der Waals surface area contributed by atoms with E-state index in [1.54, 1.807) is 5.48 Å². The van der Waals surface area contributed by atoms with Crippen LogP contribution >= 0.6 is 0 Å². The molecule has 2 aliphatic heterocycles. The van der Waals surface area contributed by atoms with E-state index in [9.17, 15) is 9.59 Å². The van der Waals surface area contributed by atoms with E-state index in [2.05, 4.69) is 4.90 Å². The van der Waals surface area contributed by atoms with E-state index in [0.29, 0.717) is 0 Å². The highest BCUT2D eigenvalue weighted by Gasteiger charge is 2.45. The number of anilines is 1. The van der Waals surface area contributed by atoms with E-state index in [0.717, 1.165) is 55.1 Å². The molecule has 2 heterocycles. The molecule has 0 radical (unpaired) electrons. The Morgan fingerprint density at radius 1 is 1.03 bits per heavy atom. The molecule has 156 valence electrons. The van der Waals surface area contributed by atoms with Crippen molar-refractivity contribution in [2.24, 2.45) is 11.8 Å². The minimum Gasteiger partial charge on any atom is -0.308 e. The Labute approximate surface area is 172 Å². The number of amides is 2. The third kappa shape index (κ3) is 3.26. The molecule has 4 aliphatic rings. The third-order valence-corrected chi connectivity index (χ3v) is 7.93. The lowest BCUT2D eigenvalue weighted by Gasteiger charge is -2.44. The summed E-state index contributed by atoms with van der Waals surface area (Å²) >= 11 is 0. The largest absolute Gasteiger partial charge is 0.308 e. The maximum Gasteiger partial charge on any atom is 0.244 e. The second-order valence-electron chi connectivity index (χ2n) is 9.34. The SMILES string of the molecule is O=C(CC1C(=O)N(C2CCN(C3C4CCCC3CC4)CC2)c2ccccc21)NO. The number of hydrogen-bond acceptors (Lipinski definition) is 4. The summed E-state index contributed by atoms with van der Waals surface area (Å²) in [4.78, 5) is 29.7. The molecule has 2 amide bonds. The first-order valence-electron chi connectivity index (χ1n) is 11.3. The summed E-state index contributed by atoms with van der Waals surface area (Å²) in [6.07, 6.45) is 8.99. The second-order valence-corrected chi connectivity index (χ2v) is 9.34. The van der Waals surface area contributed by atoms with Crippen LogP contribution in [-0.4, -0.2) is 47.1 Å². The Morgan fingerprint density at radius 3 is 2.41 bits per heavy atom. The molecular formula is C23H31N3O3. The van der Waals surface area contributed by atoms with Crippen molar-refractivity contribution in [2.75, 3.05) is 18.0 Å². The first kappa shape index (κ1) is 19.1. The van der Waals surface area contributed by atoms with E-state index < -0.39 is 11.8 Å². The van der Waals surface area contributed by atoms with Gasteiger partial charge in [-0.1, -0.05) is 24.6 Å². The topological polar surface area (TPSA) is 72.9 Å². The van der Waals surface area contributed by atoms with Crippen LogP contribution in [0.4, 0.5) is 5.69 Å². The Morgan fingerprint density at radius 2 is 1.72 bits per heavy atom. The average molecular weight is 398 g/mol. The lowest BCUT2D eigenvalue weighted by molar-refractivity contribution is -0.132. The minimum absolute atomic E-state index is 0.00554. The first-order chi connectivity index (χ1) is 14.2. The van der Waals surface area contributed by atoms with Gasteiger partial charge in [0.05, 0.1) is 5.92 Å². The highest BCUT2D eigenvalue weighted by atomic mass is 16.5. The molecule has 29 heavy (non-hydrogen) atoms. The molecule has 1 saturated heterocycles. The third-order valence-electron chi connectivity index (χ3n) is 7.93. The zero-order valence-corrected chi connectivity index (χ0v) is 16.9. The van der Waals surface area contributed by atoms with Crippen LogP contribution < -0.4 is 10.4 Å². The molecule has 3 atom stereocenters. The number of benzene rings is 1. The van der Waals surface area contributed by atoms with Gasteiger partial charge in [-0.15, -0.1) is 0 Å². The number of likely N-dealkylation sites (tertiary alicyclic amines) is 1. The number of carbonyl (C=O) groups excluding carboxylic acids is 2. The van der Waals surface area contributed by atoms with Gasteiger partial charge >= 0.3 is 0 Å². The van der Waals surface area contributed by atoms with Crippen LogP contribution in [-0.2, 0) is 9.59 Å². The molecule has 2 saturated carbocycles. The number of rotatable bonds is 4. The number of piperidine rings is 1. The maximum atomic E-state index is 13.3. The fourth-order valence-electron chi connectivity index (χ4n) is 6.69. The van der Waals surface area contributed by atoms with Crippen LogP contribution in [0.3, 0.4) is 0 Å². The van der Waals surface area contributed by atoms with E-state index >= 15 is 0 Å². The molecule has 2 bridgehead atoms. The van der Waals surface area contributed by atoms with Crippen molar-refractivity contribution >= 4 is 17.5 Å². The second kappa shape index (κ2) is 7.73. The van der Waals surface area contributed by atoms with Gasteiger partial charge in [0, 0.05) is 37.3 Å². The number of hydrogen-bond donors (Lipinski definition) is 2. The molecule has 2 N–H and O–H groups in total. The molecule has 6 nitrogen and oxygen atoms in total. The summed E-state index contributed by atoms with van der Waals surface area (Å²) in [6.45, 7) is 2.13. The number of nitrogens with one attached hydrogen (secondary N) is 1. The molecule has 0 spiro atoms. The quantitative estimate of drug-likeness (QED) is 0.605. The Hall–Kier alpha value is -1.92. The predicted octanol–water partition coefficient (Wildman–Crippen LogP) is 3.06.